The van der Waals surface area contributed by atoms with Gasteiger partial charge in [-0.25, -0.2) is 0 Å². The van der Waals surface area contributed by atoms with Crippen molar-refractivity contribution in [2.75, 3.05) is 32.4 Å². The van der Waals surface area contributed by atoms with E-state index in [1.165, 1.54) is 33.1 Å². The lowest BCUT2D eigenvalue weighted by Gasteiger charge is -2.14. The maximum Gasteiger partial charge on any atom is 0.251 e. The molecular weight excluding hydrogens is 601 g/mol. The summed E-state index contributed by atoms with van der Waals surface area (Å²) in [5, 5.41) is 15.5. The number of carbonyl (C=O) groups is 2. The lowest BCUT2D eigenvalue weighted by atomic mass is 10.1. The highest BCUT2D eigenvalue weighted by molar-refractivity contribution is 7.99. The summed E-state index contributed by atoms with van der Waals surface area (Å²) in [6.45, 7) is 3.91. The summed E-state index contributed by atoms with van der Waals surface area (Å²) in [5.74, 6) is 0.947. The maximum atomic E-state index is 13.1. The largest absolute Gasteiger partial charge is 0.493 e. The van der Waals surface area contributed by atoms with Gasteiger partial charge in [-0.2, -0.15) is 0 Å². The maximum absolute atomic E-state index is 13.1. The molecule has 0 aliphatic heterocycles. The van der Waals surface area contributed by atoms with Gasteiger partial charge in [-0.1, -0.05) is 47.1 Å². The first-order chi connectivity index (χ1) is 20.1. The number of thioether (sulfide) groups is 1. The van der Waals surface area contributed by atoms with Crippen LogP contribution in [0.15, 0.2) is 53.7 Å². The Hall–Kier alpha value is -3.93. The van der Waals surface area contributed by atoms with Gasteiger partial charge in [-0.05, 0) is 61.4 Å². The number of nitrogens with zero attached hydrogens (tertiary/aromatic N) is 3. The van der Waals surface area contributed by atoms with Crippen LogP contribution in [0.1, 0.15) is 27.3 Å². The highest BCUT2D eigenvalue weighted by atomic mass is 35.5. The van der Waals surface area contributed by atoms with Crippen LogP contribution in [0.3, 0.4) is 0 Å². The number of benzene rings is 3. The van der Waals surface area contributed by atoms with Gasteiger partial charge in [0.1, 0.15) is 0 Å². The molecule has 0 radical (unpaired) electrons. The molecular formula is C29H29Cl2N5O5S. The molecule has 2 N–H and O–H groups in total. The molecule has 1 aromatic heterocycles. The molecule has 0 bridgehead atoms. The predicted octanol–water partition coefficient (Wildman–Crippen LogP) is 5.88. The number of anilines is 1. The predicted molar refractivity (Wildman–Crippen MR) is 164 cm³/mol. The minimum atomic E-state index is -0.403. The molecule has 0 spiro atoms. The molecule has 10 nitrogen and oxygen atoms in total. The molecule has 0 aliphatic rings. The summed E-state index contributed by atoms with van der Waals surface area (Å²) in [5.41, 5.74) is 3.66. The van der Waals surface area contributed by atoms with E-state index in [1.54, 1.807) is 34.9 Å². The number of aryl methyl sites for hydroxylation is 2. The molecule has 3 aromatic carbocycles. The van der Waals surface area contributed by atoms with Crippen molar-refractivity contribution in [3.05, 3.63) is 81.1 Å². The fourth-order valence-electron chi connectivity index (χ4n) is 4.05. The highest BCUT2D eigenvalue weighted by Crippen LogP contribution is 2.38. The fourth-order valence-corrected chi connectivity index (χ4v) is 5.12. The van der Waals surface area contributed by atoms with Crippen LogP contribution in [0.4, 0.5) is 5.69 Å². The van der Waals surface area contributed by atoms with E-state index in [9.17, 15) is 9.59 Å². The second kappa shape index (κ2) is 13.8. The second-order valence-corrected chi connectivity index (χ2v) is 10.8. The topological polar surface area (TPSA) is 117 Å². The molecule has 4 rings (SSSR count). The van der Waals surface area contributed by atoms with Crippen molar-refractivity contribution in [3.63, 3.8) is 0 Å². The molecule has 42 heavy (non-hydrogen) atoms. The Balaban J connectivity index is 1.57. The van der Waals surface area contributed by atoms with E-state index in [0.29, 0.717) is 49.5 Å². The number of carbonyl (C=O) groups excluding carboxylic acids is 2. The first-order valence-corrected chi connectivity index (χ1v) is 14.4. The number of hydrogen-bond donors (Lipinski definition) is 2. The van der Waals surface area contributed by atoms with Gasteiger partial charge in [-0.3, -0.25) is 14.2 Å². The number of ether oxygens (including phenoxy) is 3. The third-order valence-electron chi connectivity index (χ3n) is 6.20. The summed E-state index contributed by atoms with van der Waals surface area (Å²) in [6, 6.07) is 14.0. The summed E-state index contributed by atoms with van der Waals surface area (Å²) in [7, 11) is 4.43. The Morgan fingerprint density at radius 2 is 1.62 bits per heavy atom. The lowest BCUT2D eigenvalue weighted by Crippen LogP contribution is -2.25. The number of rotatable bonds is 11. The molecule has 0 saturated carbocycles. The molecule has 0 atom stereocenters. The zero-order valence-corrected chi connectivity index (χ0v) is 25.9. The first-order valence-electron chi connectivity index (χ1n) is 12.6. The van der Waals surface area contributed by atoms with E-state index in [-0.39, 0.29) is 18.2 Å². The van der Waals surface area contributed by atoms with E-state index in [2.05, 4.69) is 20.8 Å². The molecule has 2 amide bonds. The Kier molecular flexibility index (Phi) is 10.2. The van der Waals surface area contributed by atoms with Crippen molar-refractivity contribution in [2.45, 2.75) is 25.5 Å². The zero-order chi connectivity index (χ0) is 30.4. The van der Waals surface area contributed by atoms with Crippen molar-refractivity contribution in [1.29, 1.82) is 0 Å². The Bertz CT molecular complexity index is 1600. The van der Waals surface area contributed by atoms with Crippen molar-refractivity contribution >= 4 is 52.5 Å². The first kappa shape index (κ1) is 31.0. The van der Waals surface area contributed by atoms with E-state index < -0.39 is 5.91 Å². The third-order valence-corrected chi connectivity index (χ3v) is 7.86. The fraction of sp³-hybridized carbons (Fsp3) is 0.241. The minimum Gasteiger partial charge on any atom is -0.493 e. The van der Waals surface area contributed by atoms with Gasteiger partial charge in [0.15, 0.2) is 22.5 Å². The van der Waals surface area contributed by atoms with Crippen molar-refractivity contribution in [1.82, 2.24) is 20.1 Å². The van der Waals surface area contributed by atoms with Crippen molar-refractivity contribution in [2.24, 2.45) is 0 Å². The number of halogens is 2. The molecule has 0 fully saturated rings. The molecule has 1 heterocycles. The summed E-state index contributed by atoms with van der Waals surface area (Å²) in [4.78, 5) is 25.9. The van der Waals surface area contributed by atoms with Gasteiger partial charge in [-0.15, -0.1) is 10.2 Å². The lowest BCUT2D eigenvalue weighted by molar-refractivity contribution is -0.113. The number of aromatic nitrogens is 3. The van der Waals surface area contributed by atoms with E-state index >= 15 is 0 Å². The van der Waals surface area contributed by atoms with Crippen LogP contribution < -0.4 is 24.8 Å². The third kappa shape index (κ3) is 7.10. The molecule has 13 heteroatoms. The molecule has 220 valence electrons. The van der Waals surface area contributed by atoms with Crippen LogP contribution >= 0.6 is 35.0 Å². The molecule has 0 unspecified atom stereocenters. The van der Waals surface area contributed by atoms with Gasteiger partial charge in [0.05, 0.1) is 49.4 Å². The van der Waals surface area contributed by atoms with E-state index in [4.69, 9.17) is 37.4 Å². The summed E-state index contributed by atoms with van der Waals surface area (Å²) in [6.07, 6.45) is 0. The molecule has 0 saturated heterocycles. The van der Waals surface area contributed by atoms with Gasteiger partial charge in [0, 0.05) is 11.3 Å². The van der Waals surface area contributed by atoms with Crippen LogP contribution in [-0.2, 0) is 11.3 Å². The Morgan fingerprint density at radius 3 is 2.26 bits per heavy atom. The van der Waals surface area contributed by atoms with Crippen LogP contribution in [0.2, 0.25) is 10.0 Å². The van der Waals surface area contributed by atoms with Gasteiger partial charge in [0.2, 0.25) is 11.7 Å². The average molecular weight is 631 g/mol. The van der Waals surface area contributed by atoms with E-state index in [0.717, 1.165) is 16.8 Å². The molecule has 4 aromatic rings. The highest BCUT2D eigenvalue weighted by Gasteiger charge is 2.20. The smallest absolute Gasteiger partial charge is 0.251 e. The normalized spacial score (nSPS) is 10.7. The van der Waals surface area contributed by atoms with Crippen LogP contribution in [0.25, 0.3) is 5.69 Å². The van der Waals surface area contributed by atoms with Crippen molar-refractivity contribution in [3.8, 4) is 22.9 Å². The average Bonchev–Trinajstić information content (AvgIpc) is 3.39. The number of hydrogen-bond acceptors (Lipinski definition) is 8. The standard InChI is InChI=1S/C29H29Cl2N5O5S/c1-16-6-7-17(2)22(10-16)33-26(37)15-42-29-35-34-25(36(29)19-8-9-20(30)21(31)13-19)14-32-28(38)18-11-23(39-3)27(41-5)24(12-18)40-4/h6-13H,14-15H2,1-5H3,(H,32,38)(H,33,37). The number of amides is 2. The quantitative estimate of drug-likeness (QED) is 0.198. The monoisotopic (exact) mass is 629 g/mol. The minimum absolute atomic E-state index is 0.0119. The van der Waals surface area contributed by atoms with Crippen molar-refractivity contribution < 1.29 is 23.8 Å². The van der Waals surface area contributed by atoms with E-state index in [1.807, 2.05) is 32.0 Å². The second-order valence-electron chi connectivity index (χ2n) is 9.08. The van der Waals surface area contributed by atoms with Crippen LogP contribution in [0.5, 0.6) is 17.2 Å². The number of methoxy groups -OCH3 is 3. The van der Waals surface area contributed by atoms with Crippen LogP contribution in [0, 0.1) is 13.8 Å². The van der Waals surface area contributed by atoms with Gasteiger partial charge < -0.3 is 24.8 Å². The zero-order valence-electron chi connectivity index (χ0n) is 23.6. The Labute approximate surface area is 257 Å². The van der Waals surface area contributed by atoms with Gasteiger partial charge in [0.25, 0.3) is 5.91 Å². The summed E-state index contributed by atoms with van der Waals surface area (Å²) < 4.78 is 17.8. The van der Waals surface area contributed by atoms with Gasteiger partial charge >= 0.3 is 0 Å². The Morgan fingerprint density at radius 1 is 0.905 bits per heavy atom. The molecule has 0 aliphatic carbocycles. The van der Waals surface area contributed by atoms with Crippen LogP contribution in [-0.4, -0.2) is 53.7 Å². The summed E-state index contributed by atoms with van der Waals surface area (Å²) >= 11 is 13.7. The number of nitrogens with one attached hydrogen (secondary N) is 2. The SMILES string of the molecule is COc1cc(C(=O)NCc2nnc(SCC(=O)Nc3cc(C)ccc3C)n2-c2ccc(Cl)c(Cl)c2)cc(OC)c1OC.